The number of hydrogen-bond acceptors (Lipinski definition) is 3. The molecule has 1 heterocycles. The molecule has 0 aromatic heterocycles. The van der Waals surface area contributed by atoms with Crippen molar-refractivity contribution in [2.24, 2.45) is 4.99 Å². The summed E-state index contributed by atoms with van der Waals surface area (Å²) in [6.45, 7) is 6.65. The topological polar surface area (TPSA) is 48.9 Å². The van der Waals surface area contributed by atoms with Crippen LogP contribution in [0.15, 0.2) is 33.7 Å². The number of halogens is 1. The standard InChI is InChI=1S/C18H29BrN4O/c1-3-24-13-7-6-11-21-18(20-2)22-15-10-12-23(14-15)17-9-5-4-8-16(17)19/h4-5,8-9,15H,3,6-7,10-14H2,1-2H3,(H2,20,21,22). The van der Waals surface area contributed by atoms with Crippen LogP contribution >= 0.6 is 15.9 Å². The van der Waals surface area contributed by atoms with Crippen molar-refractivity contribution in [1.29, 1.82) is 0 Å². The molecule has 1 atom stereocenters. The zero-order chi connectivity index (χ0) is 17.2. The number of nitrogens with one attached hydrogen (secondary N) is 2. The molecule has 0 radical (unpaired) electrons. The van der Waals surface area contributed by atoms with Crippen molar-refractivity contribution in [2.75, 3.05) is 44.8 Å². The van der Waals surface area contributed by atoms with Gasteiger partial charge in [0.15, 0.2) is 5.96 Å². The Morgan fingerprint density at radius 1 is 1.38 bits per heavy atom. The van der Waals surface area contributed by atoms with Crippen LogP contribution in [0.2, 0.25) is 0 Å². The van der Waals surface area contributed by atoms with Crippen LogP contribution < -0.4 is 15.5 Å². The maximum atomic E-state index is 5.35. The van der Waals surface area contributed by atoms with E-state index in [1.807, 2.05) is 14.0 Å². The highest BCUT2D eigenvalue weighted by Crippen LogP contribution is 2.28. The number of benzene rings is 1. The first kappa shape index (κ1) is 19.1. The van der Waals surface area contributed by atoms with Crippen molar-refractivity contribution < 1.29 is 4.74 Å². The molecule has 1 aromatic carbocycles. The van der Waals surface area contributed by atoms with Crippen LogP contribution in [0, 0.1) is 0 Å². The van der Waals surface area contributed by atoms with Crippen LogP contribution in [0.25, 0.3) is 0 Å². The molecule has 2 rings (SSSR count). The maximum absolute atomic E-state index is 5.35. The quantitative estimate of drug-likeness (QED) is 0.402. The number of unbranched alkanes of at least 4 members (excludes halogenated alkanes) is 1. The molecule has 1 fully saturated rings. The molecule has 1 unspecified atom stereocenters. The summed E-state index contributed by atoms with van der Waals surface area (Å²) >= 11 is 3.64. The Morgan fingerprint density at radius 3 is 2.96 bits per heavy atom. The van der Waals surface area contributed by atoms with Crippen molar-refractivity contribution in [1.82, 2.24) is 10.6 Å². The molecular weight excluding hydrogens is 368 g/mol. The summed E-state index contributed by atoms with van der Waals surface area (Å²) < 4.78 is 6.51. The van der Waals surface area contributed by atoms with Gasteiger partial charge in [0.05, 0.1) is 5.69 Å². The molecule has 6 heteroatoms. The SMILES string of the molecule is CCOCCCCNC(=NC)NC1CCN(c2ccccc2Br)C1. The Kier molecular flexibility index (Phi) is 8.39. The van der Waals surface area contributed by atoms with Crippen LogP contribution in [0.3, 0.4) is 0 Å². The van der Waals surface area contributed by atoms with Gasteiger partial charge in [-0.3, -0.25) is 4.99 Å². The van der Waals surface area contributed by atoms with Gasteiger partial charge >= 0.3 is 0 Å². The van der Waals surface area contributed by atoms with Gasteiger partial charge in [0.1, 0.15) is 0 Å². The van der Waals surface area contributed by atoms with Gasteiger partial charge in [0.25, 0.3) is 0 Å². The second kappa shape index (κ2) is 10.6. The number of nitrogens with zero attached hydrogens (tertiary/aromatic N) is 2. The highest BCUT2D eigenvalue weighted by atomic mass is 79.9. The second-order valence-corrected chi connectivity index (χ2v) is 6.78. The zero-order valence-electron chi connectivity index (χ0n) is 14.7. The molecule has 24 heavy (non-hydrogen) atoms. The first-order valence-electron chi connectivity index (χ1n) is 8.79. The summed E-state index contributed by atoms with van der Waals surface area (Å²) in [5.41, 5.74) is 1.26. The third-order valence-electron chi connectivity index (χ3n) is 4.16. The van der Waals surface area contributed by atoms with E-state index in [2.05, 4.69) is 60.7 Å². The molecule has 1 aliphatic rings. The normalized spacial score (nSPS) is 18.0. The Bertz CT molecular complexity index is 523. The number of para-hydroxylation sites is 1. The third-order valence-corrected chi connectivity index (χ3v) is 4.83. The fourth-order valence-electron chi connectivity index (χ4n) is 2.87. The molecule has 1 aliphatic heterocycles. The Labute approximate surface area is 154 Å². The minimum absolute atomic E-state index is 0.423. The van der Waals surface area contributed by atoms with Crippen LogP contribution in [0.1, 0.15) is 26.2 Å². The van der Waals surface area contributed by atoms with Gasteiger partial charge in [-0.25, -0.2) is 0 Å². The fourth-order valence-corrected chi connectivity index (χ4v) is 3.41. The van der Waals surface area contributed by atoms with Gasteiger partial charge in [0, 0.05) is 50.4 Å². The van der Waals surface area contributed by atoms with E-state index in [4.69, 9.17) is 4.74 Å². The smallest absolute Gasteiger partial charge is 0.191 e. The van der Waals surface area contributed by atoms with Crippen LogP contribution in [0.5, 0.6) is 0 Å². The first-order chi connectivity index (χ1) is 11.7. The minimum Gasteiger partial charge on any atom is -0.382 e. The van der Waals surface area contributed by atoms with Crippen LogP contribution in [0.4, 0.5) is 5.69 Å². The summed E-state index contributed by atoms with van der Waals surface area (Å²) in [7, 11) is 1.83. The van der Waals surface area contributed by atoms with E-state index in [-0.39, 0.29) is 0 Å². The molecule has 0 bridgehead atoms. The maximum Gasteiger partial charge on any atom is 0.191 e. The number of rotatable bonds is 8. The van der Waals surface area contributed by atoms with E-state index in [0.717, 1.165) is 62.5 Å². The number of anilines is 1. The van der Waals surface area contributed by atoms with Crippen molar-refractivity contribution in [3.8, 4) is 0 Å². The Balaban J connectivity index is 1.72. The van der Waals surface area contributed by atoms with Crippen molar-refractivity contribution in [2.45, 2.75) is 32.2 Å². The number of ether oxygens (including phenoxy) is 1. The summed E-state index contributed by atoms with van der Waals surface area (Å²) in [6.07, 6.45) is 3.29. The van der Waals surface area contributed by atoms with E-state index < -0.39 is 0 Å². The Hall–Kier alpha value is -1.27. The largest absolute Gasteiger partial charge is 0.382 e. The van der Waals surface area contributed by atoms with Gasteiger partial charge in [-0.05, 0) is 54.2 Å². The van der Waals surface area contributed by atoms with Crippen molar-refractivity contribution >= 4 is 27.6 Å². The third kappa shape index (κ3) is 5.98. The van der Waals surface area contributed by atoms with E-state index in [0.29, 0.717) is 6.04 Å². The van der Waals surface area contributed by atoms with Gasteiger partial charge in [-0.2, -0.15) is 0 Å². The number of hydrogen-bond donors (Lipinski definition) is 2. The lowest BCUT2D eigenvalue weighted by molar-refractivity contribution is 0.143. The molecule has 0 spiro atoms. The lowest BCUT2D eigenvalue weighted by Gasteiger charge is -2.21. The molecule has 0 aliphatic carbocycles. The van der Waals surface area contributed by atoms with Gasteiger partial charge < -0.3 is 20.3 Å². The average Bonchev–Trinajstić information content (AvgIpc) is 3.05. The van der Waals surface area contributed by atoms with Gasteiger partial charge in [0.2, 0.25) is 0 Å². The first-order valence-corrected chi connectivity index (χ1v) is 9.58. The molecule has 1 saturated heterocycles. The van der Waals surface area contributed by atoms with E-state index >= 15 is 0 Å². The monoisotopic (exact) mass is 396 g/mol. The fraction of sp³-hybridized carbons (Fsp3) is 0.611. The molecular formula is C18H29BrN4O. The van der Waals surface area contributed by atoms with Crippen molar-refractivity contribution in [3.05, 3.63) is 28.7 Å². The number of aliphatic imine (C=N–C) groups is 1. The summed E-state index contributed by atoms with van der Waals surface area (Å²) in [4.78, 5) is 6.75. The van der Waals surface area contributed by atoms with E-state index in [1.54, 1.807) is 0 Å². The van der Waals surface area contributed by atoms with Crippen LogP contribution in [-0.4, -0.2) is 51.9 Å². The average molecular weight is 397 g/mol. The van der Waals surface area contributed by atoms with Gasteiger partial charge in [-0.15, -0.1) is 0 Å². The summed E-state index contributed by atoms with van der Waals surface area (Å²) in [5, 5.41) is 6.93. The predicted octanol–water partition coefficient (Wildman–Crippen LogP) is 3.01. The summed E-state index contributed by atoms with van der Waals surface area (Å²) in [6, 6.07) is 8.82. The molecule has 1 aromatic rings. The van der Waals surface area contributed by atoms with Crippen LogP contribution in [-0.2, 0) is 4.74 Å². The minimum atomic E-state index is 0.423. The molecule has 0 saturated carbocycles. The van der Waals surface area contributed by atoms with Gasteiger partial charge in [-0.1, -0.05) is 12.1 Å². The lowest BCUT2D eigenvalue weighted by Crippen LogP contribution is -2.44. The molecule has 5 nitrogen and oxygen atoms in total. The lowest BCUT2D eigenvalue weighted by atomic mass is 10.2. The highest BCUT2D eigenvalue weighted by Gasteiger charge is 2.24. The van der Waals surface area contributed by atoms with Crippen molar-refractivity contribution in [3.63, 3.8) is 0 Å². The predicted molar refractivity (Wildman–Crippen MR) is 105 cm³/mol. The second-order valence-electron chi connectivity index (χ2n) is 5.93. The zero-order valence-corrected chi connectivity index (χ0v) is 16.3. The number of guanidine groups is 1. The molecule has 2 N–H and O–H groups in total. The van der Waals surface area contributed by atoms with E-state index in [9.17, 15) is 0 Å². The Morgan fingerprint density at radius 2 is 2.21 bits per heavy atom. The molecule has 134 valence electrons. The summed E-state index contributed by atoms with van der Waals surface area (Å²) in [5.74, 6) is 0.894. The molecule has 0 amide bonds. The van der Waals surface area contributed by atoms with E-state index in [1.165, 1.54) is 5.69 Å². The highest BCUT2D eigenvalue weighted by molar-refractivity contribution is 9.10.